The van der Waals surface area contributed by atoms with E-state index in [-0.39, 0.29) is 30.0 Å². The number of nitriles is 1. The van der Waals surface area contributed by atoms with Gasteiger partial charge in [-0.2, -0.15) is 18.4 Å². The van der Waals surface area contributed by atoms with Gasteiger partial charge in [0.25, 0.3) is 5.91 Å². The van der Waals surface area contributed by atoms with Gasteiger partial charge in [0.15, 0.2) is 0 Å². The molecular formula is C16H15F3N4O2. The summed E-state index contributed by atoms with van der Waals surface area (Å²) >= 11 is 0. The zero-order valence-electron chi connectivity index (χ0n) is 13.4. The van der Waals surface area contributed by atoms with Gasteiger partial charge in [0.1, 0.15) is 23.3 Å². The predicted octanol–water partition coefficient (Wildman–Crippen LogP) is 3.22. The minimum atomic E-state index is -4.48. The number of piperidine rings is 1. The maximum atomic E-state index is 12.7. The number of aromatic amines is 1. The summed E-state index contributed by atoms with van der Waals surface area (Å²) in [7, 11) is 0. The van der Waals surface area contributed by atoms with Crippen LogP contribution in [0.15, 0.2) is 16.7 Å². The Morgan fingerprint density at radius 3 is 2.88 bits per heavy atom. The summed E-state index contributed by atoms with van der Waals surface area (Å²) in [6, 6.07) is 3.22. The Morgan fingerprint density at radius 1 is 1.52 bits per heavy atom. The van der Waals surface area contributed by atoms with Crippen LogP contribution >= 0.6 is 0 Å². The highest BCUT2D eigenvalue weighted by Crippen LogP contribution is 2.31. The van der Waals surface area contributed by atoms with E-state index in [2.05, 4.69) is 9.97 Å². The lowest BCUT2D eigenvalue weighted by atomic mass is 9.96. The molecule has 2 aromatic rings. The normalized spacial score (nSPS) is 18.2. The molecule has 9 heteroatoms. The molecule has 1 amide bonds. The lowest BCUT2D eigenvalue weighted by molar-refractivity contribution is -0.141. The smallest absolute Gasteiger partial charge is 0.432 e. The van der Waals surface area contributed by atoms with Gasteiger partial charge in [-0.3, -0.25) is 4.79 Å². The summed E-state index contributed by atoms with van der Waals surface area (Å²) in [5.74, 6) is 0.0363. The monoisotopic (exact) mass is 352 g/mol. The maximum Gasteiger partial charge on any atom is 0.432 e. The molecule has 0 spiro atoms. The fourth-order valence-electron chi connectivity index (χ4n) is 2.99. The summed E-state index contributed by atoms with van der Waals surface area (Å²) in [5, 5.41) is 8.85. The molecule has 1 saturated heterocycles. The molecule has 1 atom stereocenters. The molecule has 3 heterocycles. The molecule has 3 rings (SSSR count). The highest BCUT2D eigenvalue weighted by molar-refractivity contribution is 5.95. The van der Waals surface area contributed by atoms with Crippen molar-refractivity contribution < 1.29 is 22.4 Å². The van der Waals surface area contributed by atoms with E-state index in [9.17, 15) is 18.0 Å². The molecule has 0 bridgehead atoms. The van der Waals surface area contributed by atoms with Crippen molar-refractivity contribution in [2.45, 2.75) is 31.9 Å². The van der Waals surface area contributed by atoms with Crippen molar-refractivity contribution in [2.75, 3.05) is 13.1 Å². The van der Waals surface area contributed by atoms with Crippen molar-refractivity contribution in [1.29, 1.82) is 5.26 Å². The zero-order chi connectivity index (χ0) is 18.2. The number of carbonyl (C=O) groups is 1. The Morgan fingerprint density at radius 2 is 2.28 bits per heavy atom. The van der Waals surface area contributed by atoms with Crippen molar-refractivity contribution in [3.8, 4) is 6.07 Å². The van der Waals surface area contributed by atoms with Crippen LogP contribution in [-0.2, 0) is 6.18 Å². The predicted molar refractivity (Wildman–Crippen MR) is 79.6 cm³/mol. The minimum Gasteiger partial charge on any atom is -0.450 e. The number of nitrogens with one attached hydrogen (secondary N) is 1. The van der Waals surface area contributed by atoms with E-state index in [1.54, 1.807) is 11.8 Å². The van der Waals surface area contributed by atoms with Crippen molar-refractivity contribution in [1.82, 2.24) is 14.9 Å². The Hall–Kier alpha value is -2.76. The van der Waals surface area contributed by atoms with Crippen LogP contribution in [0.25, 0.3) is 0 Å². The SMILES string of the molecule is Cc1oc(C#N)cc1C(=O)N1CCC[C@@H](c2ncc(C(F)(F)F)[nH]2)C1. The van der Waals surface area contributed by atoms with E-state index >= 15 is 0 Å². The fourth-order valence-corrected chi connectivity index (χ4v) is 2.99. The second-order valence-electron chi connectivity index (χ2n) is 5.96. The molecule has 0 aliphatic carbocycles. The number of aryl methyl sites for hydroxylation is 1. The first-order valence-corrected chi connectivity index (χ1v) is 7.71. The van der Waals surface area contributed by atoms with Crippen LogP contribution in [0.2, 0.25) is 0 Å². The van der Waals surface area contributed by atoms with Gasteiger partial charge in [-0.15, -0.1) is 0 Å². The van der Waals surface area contributed by atoms with Gasteiger partial charge in [0, 0.05) is 25.1 Å². The van der Waals surface area contributed by atoms with Gasteiger partial charge in [0.05, 0.1) is 11.8 Å². The van der Waals surface area contributed by atoms with E-state index in [1.165, 1.54) is 6.07 Å². The second kappa shape index (κ2) is 6.27. The summed E-state index contributed by atoms with van der Waals surface area (Å²) in [4.78, 5) is 20.3. The first-order chi connectivity index (χ1) is 11.8. The van der Waals surface area contributed by atoms with E-state index < -0.39 is 11.9 Å². The third-order valence-corrected chi connectivity index (χ3v) is 4.25. The van der Waals surface area contributed by atoms with Crippen LogP contribution in [0, 0.1) is 18.3 Å². The average Bonchev–Trinajstić information content (AvgIpc) is 3.21. The van der Waals surface area contributed by atoms with E-state index in [0.29, 0.717) is 30.7 Å². The number of H-pyrrole nitrogens is 1. The van der Waals surface area contributed by atoms with E-state index in [4.69, 9.17) is 9.68 Å². The topological polar surface area (TPSA) is 85.9 Å². The maximum absolute atomic E-state index is 12.7. The highest BCUT2D eigenvalue weighted by Gasteiger charge is 2.35. The molecule has 0 radical (unpaired) electrons. The van der Waals surface area contributed by atoms with Crippen molar-refractivity contribution >= 4 is 5.91 Å². The van der Waals surface area contributed by atoms with Crippen LogP contribution in [0.5, 0.6) is 0 Å². The Balaban J connectivity index is 1.77. The highest BCUT2D eigenvalue weighted by atomic mass is 19.4. The van der Waals surface area contributed by atoms with Crippen molar-refractivity contribution in [2.24, 2.45) is 0 Å². The lowest BCUT2D eigenvalue weighted by Gasteiger charge is -2.31. The molecule has 2 aromatic heterocycles. The van der Waals surface area contributed by atoms with Crippen LogP contribution in [0.3, 0.4) is 0 Å². The van der Waals surface area contributed by atoms with Gasteiger partial charge in [-0.05, 0) is 19.8 Å². The van der Waals surface area contributed by atoms with Crippen LogP contribution in [-0.4, -0.2) is 33.9 Å². The number of hydrogen-bond acceptors (Lipinski definition) is 4. The molecule has 0 aromatic carbocycles. The first-order valence-electron chi connectivity index (χ1n) is 7.71. The minimum absolute atomic E-state index is 0.0512. The number of carbonyl (C=O) groups excluding carboxylic acids is 1. The third-order valence-electron chi connectivity index (χ3n) is 4.25. The first kappa shape index (κ1) is 17.1. The standard InChI is InChI=1S/C16H15F3N4O2/c1-9-12(5-11(6-20)25-9)15(24)23-4-2-3-10(8-23)14-21-7-13(22-14)16(17,18)19/h5,7,10H,2-4,8H2,1H3,(H,21,22)/t10-/m1/s1. The summed E-state index contributed by atoms with van der Waals surface area (Å²) in [5.41, 5.74) is -0.595. The molecule has 1 fully saturated rings. The molecule has 1 aliphatic heterocycles. The van der Waals surface area contributed by atoms with E-state index in [1.807, 2.05) is 6.07 Å². The number of alkyl halides is 3. The summed E-state index contributed by atoms with van der Waals surface area (Å²) in [6.07, 6.45) is -2.41. The van der Waals surface area contributed by atoms with Crippen LogP contribution < -0.4 is 0 Å². The van der Waals surface area contributed by atoms with Crippen LogP contribution in [0.4, 0.5) is 13.2 Å². The molecule has 0 unspecified atom stereocenters. The van der Waals surface area contributed by atoms with Gasteiger partial charge in [0.2, 0.25) is 5.76 Å². The largest absolute Gasteiger partial charge is 0.450 e. The average molecular weight is 352 g/mol. The van der Waals surface area contributed by atoms with Gasteiger partial charge < -0.3 is 14.3 Å². The lowest BCUT2D eigenvalue weighted by Crippen LogP contribution is -2.39. The van der Waals surface area contributed by atoms with Gasteiger partial charge >= 0.3 is 6.18 Å². The molecule has 1 N–H and O–H groups in total. The van der Waals surface area contributed by atoms with Crippen LogP contribution in [0.1, 0.15) is 52.2 Å². The molecule has 1 aliphatic rings. The number of rotatable bonds is 2. The molecule has 6 nitrogen and oxygen atoms in total. The number of nitrogens with zero attached hydrogens (tertiary/aromatic N) is 3. The van der Waals surface area contributed by atoms with Crippen molar-refractivity contribution in [3.05, 3.63) is 40.9 Å². The number of likely N-dealkylation sites (tertiary alicyclic amines) is 1. The summed E-state index contributed by atoms with van der Waals surface area (Å²) < 4.78 is 43.3. The molecule has 132 valence electrons. The number of amides is 1. The number of halogens is 3. The van der Waals surface area contributed by atoms with Crippen molar-refractivity contribution in [3.63, 3.8) is 0 Å². The Bertz CT molecular complexity index is 831. The quantitative estimate of drug-likeness (QED) is 0.899. The molecular weight excluding hydrogens is 337 g/mol. The van der Waals surface area contributed by atoms with Gasteiger partial charge in [-0.1, -0.05) is 0 Å². The fraction of sp³-hybridized carbons (Fsp3) is 0.438. The second-order valence-corrected chi connectivity index (χ2v) is 5.96. The summed E-state index contributed by atoms with van der Waals surface area (Å²) in [6.45, 7) is 2.35. The number of imidazole rings is 1. The Labute approximate surface area is 141 Å². The molecule has 25 heavy (non-hydrogen) atoms. The molecule has 0 saturated carbocycles. The Kier molecular flexibility index (Phi) is 4.29. The van der Waals surface area contributed by atoms with E-state index in [0.717, 1.165) is 6.20 Å². The zero-order valence-corrected chi connectivity index (χ0v) is 13.4. The number of aromatic nitrogens is 2. The van der Waals surface area contributed by atoms with Gasteiger partial charge in [-0.25, -0.2) is 4.98 Å². The number of furan rings is 1. The third kappa shape index (κ3) is 3.38. The number of hydrogen-bond donors (Lipinski definition) is 1.